The van der Waals surface area contributed by atoms with Crippen LogP contribution in [-0.2, 0) is 6.54 Å². The summed E-state index contributed by atoms with van der Waals surface area (Å²) in [7, 11) is 0. The van der Waals surface area contributed by atoms with Crippen LogP contribution in [0.4, 0.5) is 4.79 Å². The highest BCUT2D eigenvalue weighted by molar-refractivity contribution is 5.73. The van der Waals surface area contributed by atoms with E-state index in [1.807, 2.05) is 30.3 Å². The molecule has 1 heterocycles. The molecule has 1 saturated heterocycles. The highest BCUT2D eigenvalue weighted by Crippen LogP contribution is 2.00. The van der Waals surface area contributed by atoms with Gasteiger partial charge >= 0.3 is 6.03 Å². The maximum absolute atomic E-state index is 11.4. The first-order chi connectivity index (χ1) is 7.84. The van der Waals surface area contributed by atoms with Gasteiger partial charge in [-0.05, 0) is 5.56 Å². The van der Waals surface area contributed by atoms with Crippen molar-refractivity contribution in [1.29, 1.82) is 0 Å². The van der Waals surface area contributed by atoms with E-state index in [9.17, 15) is 4.79 Å². The van der Waals surface area contributed by atoms with E-state index in [1.165, 1.54) is 0 Å². The molecule has 16 heavy (non-hydrogen) atoms. The van der Waals surface area contributed by atoms with Crippen molar-refractivity contribution in [2.45, 2.75) is 6.54 Å². The van der Waals surface area contributed by atoms with E-state index in [1.54, 1.807) is 0 Å². The van der Waals surface area contributed by atoms with Crippen molar-refractivity contribution >= 4 is 6.03 Å². The first-order valence-corrected chi connectivity index (χ1v) is 5.61. The Labute approximate surface area is 95.4 Å². The average Bonchev–Trinajstić information content (AvgIpc) is 2.26. The summed E-state index contributed by atoms with van der Waals surface area (Å²) >= 11 is 0. The third kappa shape index (κ3) is 3.24. The number of carbonyl (C=O) groups is 1. The molecule has 4 heteroatoms. The molecule has 86 valence electrons. The third-order valence-corrected chi connectivity index (χ3v) is 2.71. The monoisotopic (exact) mass is 219 g/mol. The SMILES string of the molecule is O=C(NCc1ccccc1)NCC1CNC1. The molecule has 3 N–H and O–H groups in total. The molecule has 0 spiro atoms. The highest BCUT2D eigenvalue weighted by atomic mass is 16.2. The van der Waals surface area contributed by atoms with E-state index in [4.69, 9.17) is 0 Å². The van der Waals surface area contributed by atoms with Crippen LogP contribution in [0.5, 0.6) is 0 Å². The van der Waals surface area contributed by atoms with Gasteiger partial charge in [0.15, 0.2) is 0 Å². The van der Waals surface area contributed by atoms with Gasteiger partial charge in [0.2, 0.25) is 0 Å². The number of nitrogens with one attached hydrogen (secondary N) is 3. The summed E-state index contributed by atoms with van der Waals surface area (Å²) in [5.74, 6) is 0.600. The standard InChI is InChI=1S/C12H17N3O/c16-12(15-9-11-6-13-7-11)14-8-10-4-2-1-3-5-10/h1-5,11,13H,6-9H2,(H2,14,15,16). The molecule has 4 nitrogen and oxygen atoms in total. The van der Waals surface area contributed by atoms with Crippen LogP contribution in [-0.4, -0.2) is 25.7 Å². The average molecular weight is 219 g/mol. The van der Waals surface area contributed by atoms with Gasteiger partial charge in [0.1, 0.15) is 0 Å². The summed E-state index contributed by atoms with van der Waals surface area (Å²) in [6, 6.07) is 9.80. The van der Waals surface area contributed by atoms with Crippen molar-refractivity contribution in [1.82, 2.24) is 16.0 Å². The van der Waals surface area contributed by atoms with E-state index in [-0.39, 0.29) is 6.03 Å². The first-order valence-electron chi connectivity index (χ1n) is 5.61. The van der Waals surface area contributed by atoms with Gasteiger partial charge in [-0.15, -0.1) is 0 Å². The smallest absolute Gasteiger partial charge is 0.315 e. The largest absolute Gasteiger partial charge is 0.338 e. The van der Waals surface area contributed by atoms with E-state index in [2.05, 4.69) is 16.0 Å². The lowest BCUT2D eigenvalue weighted by Gasteiger charge is -2.27. The molecule has 2 amide bonds. The fourth-order valence-electron chi connectivity index (χ4n) is 1.57. The molecule has 0 unspecified atom stereocenters. The topological polar surface area (TPSA) is 53.2 Å². The lowest BCUT2D eigenvalue weighted by Crippen LogP contribution is -2.49. The maximum atomic E-state index is 11.4. The number of rotatable bonds is 4. The highest BCUT2D eigenvalue weighted by Gasteiger charge is 2.16. The molecule has 1 aromatic carbocycles. The summed E-state index contributed by atoms with van der Waals surface area (Å²) in [6.07, 6.45) is 0. The van der Waals surface area contributed by atoms with Crippen LogP contribution in [0.1, 0.15) is 5.56 Å². The normalized spacial score (nSPS) is 15.2. The van der Waals surface area contributed by atoms with Gasteiger partial charge in [-0.2, -0.15) is 0 Å². The van der Waals surface area contributed by atoms with Gasteiger partial charge in [0.25, 0.3) is 0 Å². The Kier molecular flexibility index (Phi) is 3.77. The summed E-state index contributed by atoms with van der Waals surface area (Å²) in [4.78, 5) is 11.4. The maximum Gasteiger partial charge on any atom is 0.315 e. The van der Waals surface area contributed by atoms with Crippen molar-refractivity contribution in [2.24, 2.45) is 5.92 Å². The number of hydrogen-bond donors (Lipinski definition) is 3. The van der Waals surface area contributed by atoms with Gasteiger partial charge in [-0.1, -0.05) is 30.3 Å². The summed E-state index contributed by atoms with van der Waals surface area (Å²) in [5, 5.41) is 8.87. The summed E-state index contributed by atoms with van der Waals surface area (Å²) < 4.78 is 0. The molecular weight excluding hydrogens is 202 g/mol. The lowest BCUT2D eigenvalue weighted by atomic mass is 10.0. The van der Waals surface area contributed by atoms with Gasteiger partial charge in [0, 0.05) is 32.1 Å². The number of amides is 2. The van der Waals surface area contributed by atoms with E-state index in [0.717, 1.165) is 25.2 Å². The van der Waals surface area contributed by atoms with Gasteiger partial charge in [-0.25, -0.2) is 4.79 Å². The second-order valence-corrected chi connectivity index (χ2v) is 4.07. The van der Waals surface area contributed by atoms with Crippen molar-refractivity contribution in [3.05, 3.63) is 35.9 Å². The van der Waals surface area contributed by atoms with Crippen molar-refractivity contribution in [3.8, 4) is 0 Å². The van der Waals surface area contributed by atoms with Crippen molar-refractivity contribution in [2.75, 3.05) is 19.6 Å². The molecule has 1 aliphatic heterocycles. The second-order valence-electron chi connectivity index (χ2n) is 4.07. The predicted octanol–water partition coefficient (Wildman–Crippen LogP) is 0.705. The molecule has 1 aromatic rings. The van der Waals surface area contributed by atoms with Gasteiger partial charge in [0.05, 0.1) is 0 Å². The minimum Gasteiger partial charge on any atom is -0.338 e. The fourth-order valence-corrected chi connectivity index (χ4v) is 1.57. The molecule has 1 aliphatic rings. The lowest BCUT2D eigenvalue weighted by molar-refractivity contribution is 0.235. The van der Waals surface area contributed by atoms with Crippen LogP contribution >= 0.6 is 0 Å². The number of hydrogen-bond acceptors (Lipinski definition) is 2. The molecule has 0 saturated carbocycles. The minimum absolute atomic E-state index is 0.0873. The second kappa shape index (κ2) is 5.51. The van der Waals surface area contributed by atoms with E-state index in [0.29, 0.717) is 12.5 Å². The van der Waals surface area contributed by atoms with Crippen LogP contribution in [0.25, 0.3) is 0 Å². The Bertz CT molecular complexity index is 335. The van der Waals surface area contributed by atoms with Gasteiger partial charge < -0.3 is 16.0 Å². The molecule has 0 aliphatic carbocycles. The van der Waals surface area contributed by atoms with Crippen LogP contribution in [0.15, 0.2) is 30.3 Å². The predicted molar refractivity (Wildman–Crippen MR) is 63.0 cm³/mol. The molecular formula is C12H17N3O. The number of benzene rings is 1. The third-order valence-electron chi connectivity index (χ3n) is 2.71. The zero-order valence-corrected chi connectivity index (χ0v) is 9.20. The quantitative estimate of drug-likeness (QED) is 0.698. The Hall–Kier alpha value is -1.55. The Balaban J connectivity index is 1.63. The fraction of sp³-hybridized carbons (Fsp3) is 0.417. The van der Waals surface area contributed by atoms with Crippen molar-refractivity contribution in [3.63, 3.8) is 0 Å². The summed E-state index contributed by atoms with van der Waals surface area (Å²) in [6.45, 7) is 3.36. The molecule has 2 rings (SSSR count). The van der Waals surface area contributed by atoms with E-state index < -0.39 is 0 Å². The van der Waals surface area contributed by atoms with E-state index >= 15 is 0 Å². The first kappa shape index (κ1) is 11.0. The van der Waals surface area contributed by atoms with Crippen LogP contribution < -0.4 is 16.0 Å². The number of urea groups is 1. The Morgan fingerprint density at radius 1 is 1.25 bits per heavy atom. The van der Waals surface area contributed by atoms with Gasteiger partial charge in [-0.3, -0.25) is 0 Å². The molecule has 1 fully saturated rings. The zero-order valence-electron chi connectivity index (χ0n) is 9.20. The number of carbonyl (C=O) groups excluding carboxylic acids is 1. The Morgan fingerprint density at radius 2 is 2.00 bits per heavy atom. The minimum atomic E-state index is -0.0873. The molecule has 0 bridgehead atoms. The molecule has 0 radical (unpaired) electrons. The molecule has 0 aromatic heterocycles. The zero-order chi connectivity index (χ0) is 11.2. The Morgan fingerprint density at radius 3 is 2.62 bits per heavy atom. The van der Waals surface area contributed by atoms with Crippen LogP contribution in [0.2, 0.25) is 0 Å². The summed E-state index contributed by atoms with van der Waals surface area (Å²) in [5.41, 5.74) is 1.11. The van der Waals surface area contributed by atoms with Crippen LogP contribution in [0.3, 0.4) is 0 Å². The van der Waals surface area contributed by atoms with Crippen molar-refractivity contribution < 1.29 is 4.79 Å². The van der Waals surface area contributed by atoms with Crippen LogP contribution in [0, 0.1) is 5.92 Å². The molecule has 0 atom stereocenters.